The first-order chi connectivity index (χ1) is 16.2. The average Bonchev–Trinajstić information content (AvgIpc) is 3.37. The molecule has 2 fully saturated rings. The monoisotopic (exact) mass is 483 g/mol. The smallest absolute Gasteiger partial charge is 0.246 e. The fourth-order valence-corrected chi connectivity index (χ4v) is 7.99. The quantitative estimate of drug-likeness (QED) is 0.725. The van der Waals surface area contributed by atoms with Crippen LogP contribution in [0.5, 0.6) is 0 Å². The Bertz CT molecular complexity index is 1280. The molecular weight excluding hydrogens is 450 g/mol. The summed E-state index contributed by atoms with van der Waals surface area (Å²) in [5.41, 5.74) is 2.98. The fraction of sp³-hybridized carbons (Fsp3) is 0.520. The van der Waals surface area contributed by atoms with Crippen molar-refractivity contribution in [1.82, 2.24) is 23.6 Å². The molecular formula is C25H33N5O3S. The lowest BCUT2D eigenvalue weighted by atomic mass is 9.53. The van der Waals surface area contributed by atoms with E-state index in [4.69, 9.17) is 0 Å². The van der Waals surface area contributed by atoms with E-state index in [2.05, 4.69) is 27.3 Å². The molecule has 182 valence electrons. The van der Waals surface area contributed by atoms with Gasteiger partial charge in [0, 0.05) is 44.4 Å². The number of hydrogen-bond donors (Lipinski definition) is 1. The lowest BCUT2D eigenvalue weighted by Crippen LogP contribution is -2.60. The maximum Gasteiger partial charge on any atom is 0.246 e. The van der Waals surface area contributed by atoms with Gasteiger partial charge in [0.2, 0.25) is 10.0 Å². The third-order valence-corrected chi connectivity index (χ3v) is 10.3. The van der Waals surface area contributed by atoms with Gasteiger partial charge in [-0.15, -0.1) is 0 Å². The van der Waals surface area contributed by atoms with Gasteiger partial charge in [0.05, 0.1) is 29.9 Å². The van der Waals surface area contributed by atoms with Crippen molar-refractivity contribution in [2.45, 2.75) is 56.6 Å². The number of imidazole rings is 1. The number of piperidine rings is 1. The number of sulfonamides is 1. The fourth-order valence-electron chi connectivity index (χ4n) is 6.15. The summed E-state index contributed by atoms with van der Waals surface area (Å²) in [5.74, 6) is 0.0224. The van der Waals surface area contributed by atoms with Crippen molar-refractivity contribution >= 4 is 10.0 Å². The molecule has 4 heterocycles. The van der Waals surface area contributed by atoms with Crippen LogP contribution in [0.3, 0.4) is 0 Å². The molecule has 2 aromatic heterocycles. The van der Waals surface area contributed by atoms with E-state index in [-0.39, 0.29) is 17.4 Å². The van der Waals surface area contributed by atoms with Gasteiger partial charge in [-0.25, -0.2) is 13.4 Å². The first-order valence-electron chi connectivity index (χ1n) is 11.9. The summed E-state index contributed by atoms with van der Waals surface area (Å²) in [5, 5.41) is 15.7. The highest BCUT2D eigenvalue weighted by Gasteiger charge is 2.57. The molecule has 5 rings (SSSR count). The van der Waals surface area contributed by atoms with Gasteiger partial charge in [-0.1, -0.05) is 30.9 Å². The van der Waals surface area contributed by atoms with Crippen molar-refractivity contribution in [1.29, 1.82) is 0 Å². The summed E-state index contributed by atoms with van der Waals surface area (Å²) in [6.45, 7) is 8.65. The maximum absolute atomic E-state index is 13.4. The van der Waals surface area contributed by atoms with Crippen LogP contribution in [0.25, 0.3) is 0 Å². The molecule has 1 spiro atoms. The van der Waals surface area contributed by atoms with Gasteiger partial charge >= 0.3 is 0 Å². The van der Waals surface area contributed by atoms with Crippen LogP contribution >= 0.6 is 0 Å². The molecule has 1 N–H and O–H groups in total. The minimum Gasteiger partial charge on any atom is -0.392 e. The van der Waals surface area contributed by atoms with E-state index in [1.807, 2.05) is 30.8 Å². The summed E-state index contributed by atoms with van der Waals surface area (Å²) in [6.07, 6.45) is 14.3. The van der Waals surface area contributed by atoms with E-state index in [1.165, 1.54) is 0 Å². The van der Waals surface area contributed by atoms with Crippen molar-refractivity contribution in [3.63, 3.8) is 0 Å². The number of rotatable bonds is 3. The number of nitrogens with zero attached hydrogens (tertiary/aromatic N) is 5. The second kappa shape index (κ2) is 8.32. The van der Waals surface area contributed by atoms with Crippen LogP contribution in [0.4, 0.5) is 0 Å². The van der Waals surface area contributed by atoms with Crippen molar-refractivity contribution in [2.75, 3.05) is 13.1 Å². The number of aliphatic hydroxyl groups excluding tert-OH is 1. The predicted molar refractivity (Wildman–Crippen MR) is 130 cm³/mol. The van der Waals surface area contributed by atoms with Crippen molar-refractivity contribution in [3.05, 3.63) is 66.1 Å². The molecule has 2 aliphatic heterocycles. The molecule has 34 heavy (non-hydrogen) atoms. The molecule has 0 amide bonds. The second-order valence-corrected chi connectivity index (χ2v) is 11.9. The van der Waals surface area contributed by atoms with Gasteiger partial charge in [-0.3, -0.25) is 4.68 Å². The highest BCUT2D eigenvalue weighted by Crippen LogP contribution is 2.57. The van der Waals surface area contributed by atoms with E-state index in [1.54, 1.807) is 29.9 Å². The summed E-state index contributed by atoms with van der Waals surface area (Å²) in [4.78, 5) is 4.67. The summed E-state index contributed by atoms with van der Waals surface area (Å²) >= 11 is 0. The minimum atomic E-state index is -3.62. The topological polar surface area (TPSA) is 93.3 Å². The van der Waals surface area contributed by atoms with Gasteiger partial charge in [0.1, 0.15) is 4.90 Å². The predicted octanol–water partition coefficient (Wildman–Crippen LogP) is 2.85. The van der Waals surface area contributed by atoms with Crippen molar-refractivity contribution in [2.24, 2.45) is 18.4 Å². The summed E-state index contributed by atoms with van der Waals surface area (Å²) < 4.78 is 32.1. The number of fused-ring (bicyclic) bond motifs is 1. The third-order valence-electron chi connectivity index (χ3n) is 8.15. The lowest BCUT2D eigenvalue weighted by molar-refractivity contribution is -0.153. The van der Waals surface area contributed by atoms with Crippen LogP contribution < -0.4 is 0 Å². The Morgan fingerprint density at radius 1 is 1.21 bits per heavy atom. The molecule has 0 bridgehead atoms. The molecule has 0 aromatic carbocycles. The molecule has 1 saturated heterocycles. The van der Waals surface area contributed by atoms with Gasteiger partial charge in [-0.05, 0) is 44.1 Å². The van der Waals surface area contributed by atoms with E-state index >= 15 is 0 Å². The third kappa shape index (κ3) is 3.52. The average molecular weight is 484 g/mol. The van der Waals surface area contributed by atoms with Crippen LogP contribution in [0, 0.1) is 25.2 Å². The van der Waals surface area contributed by atoms with Gasteiger partial charge in [0.25, 0.3) is 0 Å². The molecule has 3 atom stereocenters. The maximum atomic E-state index is 13.4. The second-order valence-electron chi connectivity index (χ2n) is 10.0. The number of hydrogen-bond acceptors (Lipinski definition) is 5. The number of aryl methyl sites for hydroxylation is 2. The highest BCUT2D eigenvalue weighted by molar-refractivity contribution is 7.89. The molecule has 9 heteroatoms. The lowest BCUT2D eigenvalue weighted by Gasteiger charge is -2.58. The van der Waals surface area contributed by atoms with Gasteiger partial charge in [0.15, 0.2) is 0 Å². The summed E-state index contributed by atoms with van der Waals surface area (Å²) in [7, 11) is -1.85. The van der Waals surface area contributed by atoms with Crippen LogP contribution in [-0.2, 0) is 23.5 Å². The normalized spacial score (nSPS) is 29.1. The van der Waals surface area contributed by atoms with Gasteiger partial charge < -0.3 is 9.67 Å². The molecule has 2 aromatic rings. The zero-order valence-corrected chi connectivity index (χ0v) is 20.9. The Labute approximate surface area is 201 Å². The minimum absolute atomic E-state index is 0.0224. The summed E-state index contributed by atoms with van der Waals surface area (Å²) in [6, 6.07) is -0.0586. The first kappa shape index (κ1) is 23.3. The Balaban J connectivity index is 1.33. The number of aliphatic hydroxyl groups is 1. The molecule has 1 unspecified atom stereocenters. The number of allylic oxidation sites excluding steroid dienone is 5. The van der Waals surface area contributed by atoms with Crippen LogP contribution in [-0.4, -0.2) is 56.4 Å². The Morgan fingerprint density at radius 2 is 1.94 bits per heavy atom. The van der Waals surface area contributed by atoms with Crippen molar-refractivity contribution in [3.8, 4) is 0 Å². The Kier molecular flexibility index (Phi) is 5.69. The SMILES string of the molecule is C=C1/C=C\C=C/Cc2cncn2[C@H]1C1CC2(CCN(S(=O)(=O)c3c(C)nn(C)c3C)CC2)[C@@H]1O. The molecule has 1 aliphatic carbocycles. The largest absolute Gasteiger partial charge is 0.392 e. The number of aromatic nitrogens is 4. The van der Waals surface area contributed by atoms with Crippen LogP contribution in [0.15, 0.2) is 53.9 Å². The van der Waals surface area contributed by atoms with Crippen LogP contribution in [0.1, 0.15) is 42.4 Å². The zero-order chi connectivity index (χ0) is 24.3. The Hall–Kier alpha value is -2.49. The standard InChI is InChI=1S/C25H33N5O3S/c1-17-8-6-5-7-9-20-15-26-16-30(20)22(17)21-14-25(24(21)31)10-12-29(13-11-25)34(32,33)23-18(2)27-28(4)19(23)3/h5-8,15-16,21-22,24,31H,1,9-14H2,2-4H3/b7-5-,8-6-/t21?,22-,24-/m1/s1. The first-order valence-corrected chi connectivity index (χ1v) is 13.3. The van der Waals surface area contributed by atoms with E-state index < -0.39 is 16.1 Å². The Morgan fingerprint density at radius 3 is 2.59 bits per heavy atom. The van der Waals surface area contributed by atoms with E-state index in [0.29, 0.717) is 42.2 Å². The van der Waals surface area contributed by atoms with E-state index in [9.17, 15) is 13.5 Å². The van der Waals surface area contributed by atoms with Crippen LogP contribution in [0.2, 0.25) is 0 Å². The van der Waals surface area contributed by atoms with Gasteiger partial charge in [-0.2, -0.15) is 9.40 Å². The van der Waals surface area contributed by atoms with Crippen molar-refractivity contribution < 1.29 is 13.5 Å². The molecule has 8 nitrogen and oxygen atoms in total. The molecule has 1 saturated carbocycles. The molecule has 0 radical (unpaired) electrons. The molecule has 3 aliphatic rings. The zero-order valence-electron chi connectivity index (χ0n) is 20.1. The highest BCUT2D eigenvalue weighted by atomic mass is 32.2. The van der Waals surface area contributed by atoms with E-state index in [0.717, 1.165) is 24.1 Å².